The van der Waals surface area contributed by atoms with Crippen molar-refractivity contribution in [3.05, 3.63) is 35.4 Å². The molecule has 0 amide bonds. The number of amidine groups is 2. The van der Waals surface area contributed by atoms with E-state index in [1.165, 1.54) is 36.8 Å². The van der Waals surface area contributed by atoms with Crippen LogP contribution in [0.25, 0.3) is 0 Å². The number of benzene rings is 1. The summed E-state index contributed by atoms with van der Waals surface area (Å²) in [4.78, 5) is 9.46. The fourth-order valence-electron chi connectivity index (χ4n) is 3.54. The number of aliphatic imine (C=N–C) groups is 2. The maximum Gasteiger partial charge on any atom is 0.128 e. The number of hydrogen-bond acceptors (Lipinski definition) is 4. The van der Waals surface area contributed by atoms with Crippen LogP contribution >= 0.6 is 0 Å². The lowest BCUT2D eigenvalue weighted by molar-refractivity contribution is 0.466. The highest BCUT2D eigenvalue weighted by Crippen LogP contribution is 2.15. The summed E-state index contributed by atoms with van der Waals surface area (Å²) >= 11 is 0. The van der Waals surface area contributed by atoms with Crippen LogP contribution in [0.1, 0.15) is 50.7 Å². The Labute approximate surface area is 145 Å². The van der Waals surface area contributed by atoms with E-state index in [0.29, 0.717) is 11.8 Å². The first-order valence-electron chi connectivity index (χ1n) is 9.47. The molecule has 2 atom stereocenters. The molecular formula is C20H30N4. The molecule has 2 heterocycles. The van der Waals surface area contributed by atoms with E-state index in [2.05, 4.69) is 48.7 Å². The van der Waals surface area contributed by atoms with Gasteiger partial charge in [0.1, 0.15) is 11.7 Å². The van der Waals surface area contributed by atoms with Crippen LogP contribution in [0, 0.1) is 11.8 Å². The Balaban J connectivity index is 1.62. The summed E-state index contributed by atoms with van der Waals surface area (Å²) in [6.07, 6.45) is 4.99. The van der Waals surface area contributed by atoms with Gasteiger partial charge in [0.05, 0.1) is 0 Å². The average Bonchev–Trinajstić information content (AvgIpc) is 2.64. The highest BCUT2D eigenvalue weighted by molar-refractivity contribution is 6.02. The zero-order valence-electron chi connectivity index (χ0n) is 15.0. The molecule has 2 aliphatic heterocycles. The third kappa shape index (κ3) is 4.16. The van der Waals surface area contributed by atoms with Crippen LogP contribution in [0.4, 0.5) is 0 Å². The summed E-state index contributed by atoms with van der Waals surface area (Å²) in [5.41, 5.74) is 2.35. The van der Waals surface area contributed by atoms with Crippen molar-refractivity contribution in [2.45, 2.75) is 39.5 Å². The van der Waals surface area contributed by atoms with E-state index in [0.717, 1.165) is 37.9 Å². The molecule has 3 rings (SSSR count). The number of hydrogen-bond donors (Lipinski definition) is 2. The van der Waals surface area contributed by atoms with Gasteiger partial charge in [0.2, 0.25) is 0 Å². The highest BCUT2D eigenvalue weighted by atomic mass is 15.0. The third-order valence-corrected chi connectivity index (χ3v) is 4.96. The Morgan fingerprint density at radius 3 is 1.50 bits per heavy atom. The maximum atomic E-state index is 4.73. The predicted octanol–water partition coefficient (Wildman–Crippen LogP) is 3.22. The quantitative estimate of drug-likeness (QED) is 0.843. The van der Waals surface area contributed by atoms with E-state index in [4.69, 9.17) is 9.98 Å². The normalized spacial score (nSPS) is 23.8. The molecule has 2 unspecified atom stereocenters. The van der Waals surface area contributed by atoms with E-state index in [1.807, 2.05) is 0 Å². The molecule has 2 aliphatic rings. The van der Waals surface area contributed by atoms with Crippen molar-refractivity contribution in [2.24, 2.45) is 21.8 Å². The van der Waals surface area contributed by atoms with Crippen molar-refractivity contribution >= 4 is 11.7 Å². The largest absolute Gasteiger partial charge is 0.370 e. The van der Waals surface area contributed by atoms with Gasteiger partial charge in [-0.2, -0.15) is 0 Å². The highest BCUT2D eigenvalue weighted by Gasteiger charge is 2.17. The van der Waals surface area contributed by atoms with Crippen molar-refractivity contribution < 1.29 is 0 Å². The van der Waals surface area contributed by atoms with Gasteiger partial charge in [0.25, 0.3) is 0 Å². The summed E-state index contributed by atoms with van der Waals surface area (Å²) in [5, 5.41) is 6.99. The average molecular weight is 326 g/mol. The Hall–Kier alpha value is -1.84. The van der Waals surface area contributed by atoms with E-state index in [1.54, 1.807) is 0 Å². The summed E-state index contributed by atoms with van der Waals surface area (Å²) in [7, 11) is 0. The lowest BCUT2D eigenvalue weighted by atomic mass is 10.0. The molecule has 0 saturated carbocycles. The molecule has 4 heteroatoms. The van der Waals surface area contributed by atoms with Crippen LogP contribution in [0.2, 0.25) is 0 Å². The molecule has 0 aromatic heterocycles. The monoisotopic (exact) mass is 326 g/mol. The van der Waals surface area contributed by atoms with E-state index in [-0.39, 0.29) is 0 Å². The zero-order valence-corrected chi connectivity index (χ0v) is 15.0. The minimum Gasteiger partial charge on any atom is -0.370 e. The topological polar surface area (TPSA) is 48.8 Å². The molecule has 0 bridgehead atoms. The molecule has 0 spiro atoms. The van der Waals surface area contributed by atoms with Crippen LogP contribution in [-0.2, 0) is 0 Å². The van der Waals surface area contributed by atoms with E-state index in [9.17, 15) is 0 Å². The Morgan fingerprint density at radius 2 is 1.21 bits per heavy atom. The molecule has 1 aromatic carbocycles. The van der Waals surface area contributed by atoms with Gasteiger partial charge in [-0.25, -0.2) is 0 Å². The minimum absolute atomic E-state index is 0.690. The van der Waals surface area contributed by atoms with Gasteiger partial charge in [-0.05, 0) is 24.7 Å². The second-order valence-electron chi connectivity index (χ2n) is 7.03. The molecule has 0 aliphatic carbocycles. The number of rotatable bonds is 6. The van der Waals surface area contributed by atoms with E-state index < -0.39 is 0 Å². The molecule has 0 saturated heterocycles. The second-order valence-corrected chi connectivity index (χ2v) is 7.03. The van der Waals surface area contributed by atoms with Gasteiger partial charge in [-0.3, -0.25) is 9.98 Å². The van der Waals surface area contributed by atoms with Crippen LogP contribution in [0.3, 0.4) is 0 Å². The first-order valence-corrected chi connectivity index (χ1v) is 9.47. The maximum absolute atomic E-state index is 4.73. The smallest absolute Gasteiger partial charge is 0.128 e. The molecule has 4 nitrogen and oxygen atoms in total. The van der Waals surface area contributed by atoms with Crippen LogP contribution < -0.4 is 10.6 Å². The summed E-state index contributed by atoms with van der Waals surface area (Å²) in [6, 6.07) is 8.63. The van der Waals surface area contributed by atoms with Crippen LogP contribution in [0.5, 0.6) is 0 Å². The lowest BCUT2D eigenvalue weighted by Gasteiger charge is -2.24. The van der Waals surface area contributed by atoms with Crippen LogP contribution in [-0.4, -0.2) is 37.9 Å². The van der Waals surface area contributed by atoms with Gasteiger partial charge in [-0.15, -0.1) is 0 Å². The van der Waals surface area contributed by atoms with Gasteiger partial charge in [0.15, 0.2) is 0 Å². The first-order chi connectivity index (χ1) is 11.8. The number of nitrogens with one attached hydrogen (secondary N) is 2. The van der Waals surface area contributed by atoms with Gasteiger partial charge < -0.3 is 10.6 Å². The molecular weight excluding hydrogens is 296 g/mol. The van der Waals surface area contributed by atoms with Crippen molar-refractivity contribution in [2.75, 3.05) is 26.2 Å². The zero-order chi connectivity index (χ0) is 16.8. The summed E-state index contributed by atoms with van der Waals surface area (Å²) < 4.78 is 0. The molecule has 24 heavy (non-hydrogen) atoms. The van der Waals surface area contributed by atoms with Gasteiger partial charge in [0, 0.05) is 37.3 Å². The Morgan fingerprint density at radius 1 is 0.792 bits per heavy atom. The Bertz CT molecular complexity index is 535. The fourth-order valence-corrected chi connectivity index (χ4v) is 3.54. The van der Waals surface area contributed by atoms with Crippen molar-refractivity contribution in [3.63, 3.8) is 0 Å². The standard InChI is InChI=1S/C20H30N4/c1-3-5-15-11-21-19(22-12-15)17-7-9-18(10-8-17)20-23-13-16(6-4-2)14-24-20/h7-10,15-16H,3-6,11-14H2,1-2H3,(H,21,22)(H,23,24). The molecule has 130 valence electrons. The second kappa shape index (κ2) is 8.32. The first kappa shape index (κ1) is 17.0. The van der Waals surface area contributed by atoms with Gasteiger partial charge >= 0.3 is 0 Å². The van der Waals surface area contributed by atoms with Crippen molar-refractivity contribution in [1.82, 2.24) is 10.6 Å². The molecule has 2 N–H and O–H groups in total. The fraction of sp³-hybridized carbons (Fsp3) is 0.600. The molecule has 1 aromatic rings. The molecule has 0 radical (unpaired) electrons. The molecule has 0 fully saturated rings. The van der Waals surface area contributed by atoms with Crippen molar-refractivity contribution in [1.29, 1.82) is 0 Å². The van der Waals surface area contributed by atoms with Crippen molar-refractivity contribution in [3.8, 4) is 0 Å². The van der Waals surface area contributed by atoms with E-state index >= 15 is 0 Å². The lowest BCUT2D eigenvalue weighted by Crippen LogP contribution is -2.37. The van der Waals surface area contributed by atoms with Crippen LogP contribution in [0.15, 0.2) is 34.3 Å². The Kier molecular flexibility index (Phi) is 5.89. The summed E-state index contributed by atoms with van der Waals surface area (Å²) in [6.45, 7) is 8.47. The van der Waals surface area contributed by atoms with Gasteiger partial charge in [-0.1, -0.05) is 51.0 Å². The minimum atomic E-state index is 0.690. The summed E-state index contributed by atoms with van der Waals surface area (Å²) in [5.74, 6) is 3.45. The predicted molar refractivity (Wildman–Crippen MR) is 102 cm³/mol. The third-order valence-electron chi connectivity index (χ3n) is 4.96. The number of nitrogens with zero attached hydrogens (tertiary/aromatic N) is 2. The SMILES string of the molecule is CCCC1CN=C(c2ccc(C3=NCC(CCC)CN3)cc2)NC1.